The number of benzene rings is 1. The molecule has 0 fully saturated rings. The number of aromatic nitrogens is 5. The summed E-state index contributed by atoms with van der Waals surface area (Å²) >= 11 is 8.00. The van der Waals surface area contributed by atoms with Crippen LogP contribution in [0.3, 0.4) is 0 Å². The molecule has 3 aromatic heterocycles. The first kappa shape index (κ1) is 18.3. The Labute approximate surface area is 172 Å². The third-order valence-corrected chi connectivity index (χ3v) is 5.31. The molecule has 0 spiro atoms. The van der Waals surface area contributed by atoms with Crippen molar-refractivity contribution in [2.24, 2.45) is 0 Å². The lowest BCUT2D eigenvalue weighted by Gasteiger charge is -2.09. The molecule has 0 radical (unpaired) electrons. The SMILES string of the molecule is FCCn1c(-c2cncc(Cn3cncc3Cl)c2)nc2cc(F)c(I)cc21. The third-order valence-electron chi connectivity index (χ3n) is 4.17. The number of rotatable bonds is 5. The van der Waals surface area contributed by atoms with Gasteiger partial charge in [-0.2, -0.15) is 0 Å². The molecular formula is C18H13ClF2IN5. The second-order valence-electron chi connectivity index (χ2n) is 5.96. The topological polar surface area (TPSA) is 48.5 Å². The van der Waals surface area contributed by atoms with E-state index in [1.807, 2.05) is 28.7 Å². The van der Waals surface area contributed by atoms with Crippen molar-refractivity contribution in [2.45, 2.75) is 13.1 Å². The highest BCUT2D eigenvalue weighted by Gasteiger charge is 2.16. The van der Waals surface area contributed by atoms with E-state index < -0.39 is 6.67 Å². The van der Waals surface area contributed by atoms with E-state index in [1.165, 1.54) is 6.07 Å². The predicted molar refractivity (Wildman–Crippen MR) is 108 cm³/mol. The van der Waals surface area contributed by atoms with Crippen molar-refractivity contribution in [1.29, 1.82) is 0 Å². The van der Waals surface area contributed by atoms with Crippen LogP contribution in [-0.4, -0.2) is 30.8 Å². The number of aryl methyl sites for hydroxylation is 1. The van der Waals surface area contributed by atoms with Crippen molar-refractivity contribution in [1.82, 2.24) is 24.1 Å². The van der Waals surface area contributed by atoms with Gasteiger partial charge in [0, 0.05) is 24.0 Å². The van der Waals surface area contributed by atoms with Crippen LogP contribution in [0.4, 0.5) is 8.78 Å². The van der Waals surface area contributed by atoms with Crippen molar-refractivity contribution in [3.8, 4) is 11.4 Å². The van der Waals surface area contributed by atoms with E-state index in [1.54, 1.807) is 40.1 Å². The first-order valence-corrected chi connectivity index (χ1v) is 9.53. The minimum absolute atomic E-state index is 0.130. The average molecular weight is 500 g/mol. The Hall–Kier alpha value is -2.07. The van der Waals surface area contributed by atoms with Crippen molar-refractivity contribution >= 4 is 45.2 Å². The van der Waals surface area contributed by atoms with Crippen LogP contribution in [0.5, 0.6) is 0 Å². The van der Waals surface area contributed by atoms with Gasteiger partial charge in [-0.25, -0.2) is 18.7 Å². The van der Waals surface area contributed by atoms with Crippen LogP contribution >= 0.6 is 34.2 Å². The molecule has 0 N–H and O–H groups in total. The molecule has 9 heteroatoms. The summed E-state index contributed by atoms with van der Waals surface area (Å²) in [6.45, 7) is 0.0742. The van der Waals surface area contributed by atoms with Gasteiger partial charge in [0.15, 0.2) is 0 Å². The van der Waals surface area contributed by atoms with Crippen molar-refractivity contribution in [3.63, 3.8) is 0 Å². The number of alkyl halides is 1. The molecule has 0 aliphatic heterocycles. The highest BCUT2D eigenvalue weighted by molar-refractivity contribution is 14.1. The van der Waals surface area contributed by atoms with Gasteiger partial charge < -0.3 is 9.13 Å². The van der Waals surface area contributed by atoms with Gasteiger partial charge in [-0.1, -0.05) is 11.6 Å². The fourth-order valence-electron chi connectivity index (χ4n) is 2.97. The maximum Gasteiger partial charge on any atom is 0.142 e. The molecular weight excluding hydrogens is 487 g/mol. The molecule has 0 aliphatic carbocycles. The zero-order valence-corrected chi connectivity index (χ0v) is 16.8. The van der Waals surface area contributed by atoms with Gasteiger partial charge in [-0.3, -0.25) is 4.98 Å². The monoisotopic (exact) mass is 499 g/mol. The fourth-order valence-corrected chi connectivity index (χ4v) is 3.58. The van der Waals surface area contributed by atoms with Crippen LogP contribution in [0.25, 0.3) is 22.4 Å². The molecule has 5 nitrogen and oxygen atoms in total. The van der Waals surface area contributed by atoms with E-state index in [4.69, 9.17) is 11.6 Å². The molecule has 3 heterocycles. The Morgan fingerprint density at radius 2 is 1.96 bits per heavy atom. The van der Waals surface area contributed by atoms with Crippen molar-refractivity contribution in [3.05, 3.63) is 63.2 Å². The van der Waals surface area contributed by atoms with E-state index in [9.17, 15) is 8.78 Å². The zero-order chi connectivity index (χ0) is 19.0. The summed E-state index contributed by atoms with van der Waals surface area (Å²) in [4.78, 5) is 12.8. The lowest BCUT2D eigenvalue weighted by molar-refractivity contribution is 0.451. The lowest BCUT2D eigenvalue weighted by atomic mass is 10.2. The van der Waals surface area contributed by atoms with Gasteiger partial charge in [-0.05, 0) is 40.3 Å². The molecule has 0 amide bonds. The first-order valence-electron chi connectivity index (χ1n) is 8.08. The second kappa shape index (κ2) is 7.51. The molecule has 27 heavy (non-hydrogen) atoms. The van der Waals surface area contributed by atoms with Gasteiger partial charge >= 0.3 is 0 Å². The highest BCUT2D eigenvalue weighted by atomic mass is 127. The summed E-state index contributed by atoms with van der Waals surface area (Å²) in [5.41, 5.74) is 2.80. The molecule has 0 saturated heterocycles. The summed E-state index contributed by atoms with van der Waals surface area (Å²) in [5, 5.41) is 0.523. The van der Waals surface area contributed by atoms with E-state index in [2.05, 4.69) is 15.0 Å². The number of halogens is 4. The second-order valence-corrected chi connectivity index (χ2v) is 7.51. The highest BCUT2D eigenvalue weighted by Crippen LogP contribution is 2.28. The number of fused-ring (bicyclic) bond motifs is 1. The van der Waals surface area contributed by atoms with Gasteiger partial charge in [0.1, 0.15) is 23.5 Å². The Morgan fingerprint density at radius 1 is 1.11 bits per heavy atom. The summed E-state index contributed by atoms with van der Waals surface area (Å²) in [6, 6.07) is 4.97. The predicted octanol–water partition coefficient (Wildman–Crippen LogP) is 4.71. The summed E-state index contributed by atoms with van der Waals surface area (Å²) < 4.78 is 31.1. The smallest absolute Gasteiger partial charge is 0.142 e. The van der Waals surface area contributed by atoms with E-state index >= 15 is 0 Å². The number of nitrogens with zero attached hydrogens (tertiary/aromatic N) is 5. The molecule has 0 saturated carbocycles. The van der Waals surface area contributed by atoms with Gasteiger partial charge in [0.25, 0.3) is 0 Å². The molecule has 0 atom stereocenters. The maximum atomic E-state index is 13.9. The number of hydrogen-bond donors (Lipinski definition) is 0. The van der Waals surface area contributed by atoms with Crippen LogP contribution in [0.2, 0.25) is 5.15 Å². The quantitative estimate of drug-likeness (QED) is 0.374. The first-order chi connectivity index (χ1) is 13.1. The molecule has 4 aromatic rings. The summed E-state index contributed by atoms with van der Waals surface area (Å²) in [7, 11) is 0. The van der Waals surface area contributed by atoms with E-state index in [-0.39, 0.29) is 12.4 Å². The van der Waals surface area contributed by atoms with Gasteiger partial charge in [0.05, 0.1) is 40.2 Å². The average Bonchev–Trinajstić information content (AvgIpc) is 3.20. The fraction of sp³-hybridized carbons (Fsp3) is 0.167. The molecule has 1 aromatic carbocycles. The summed E-state index contributed by atoms with van der Waals surface area (Å²) in [6.07, 6.45) is 6.59. The normalized spacial score (nSPS) is 11.4. The van der Waals surface area contributed by atoms with Crippen LogP contribution in [0.1, 0.15) is 5.56 Å². The molecule has 0 bridgehead atoms. The zero-order valence-electron chi connectivity index (χ0n) is 13.9. The largest absolute Gasteiger partial charge is 0.321 e. The minimum atomic E-state index is -0.551. The van der Waals surface area contributed by atoms with Crippen LogP contribution in [0, 0.1) is 9.39 Å². The maximum absolute atomic E-state index is 13.9. The standard InChI is InChI=1S/C18H13ClF2IN5/c19-17-8-24-10-26(17)9-11-3-12(7-23-6-11)18-25-15-4-13(21)14(22)5-16(15)27(18)2-1-20/h3-8,10H,1-2,9H2. The van der Waals surface area contributed by atoms with E-state index in [0.29, 0.717) is 32.1 Å². The van der Waals surface area contributed by atoms with Crippen LogP contribution in [-0.2, 0) is 13.1 Å². The Bertz CT molecular complexity index is 1120. The molecule has 0 unspecified atom stereocenters. The number of imidazole rings is 2. The van der Waals surface area contributed by atoms with E-state index in [0.717, 1.165) is 11.1 Å². The van der Waals surface area contributed by atoms with Crippen molar-refractivity contribution in [2.75, 3.05) is 6.67 Å². The Morgan fingerprint density at radius 3 is 2.70 bits per heavy atom. The lowest BCUT2D eigenvalue weighted by Crippen LogP contribution is -2.04. The third kappa shape index (κ3) is 3.55. The number of hydrogen-bond acceptors (Lipinski definition) is 3. The Balaban J connectivity index is 1.80. The number of pyridine rings is 1. The van der Waals surface area contributed by atoms with Gasteiger partial charge in [-0.15, -0.1) is 0 Å². The van der Waals surface area contributed by atoms with Gasteiger partial charge in [0.2, 0.25) is 0 Å². The Kier molecular flexibility index (Phi) is 5.09. The van der Waals surface area contributed by atoms with Crippen LogP contribution < -0.4 is 0 Å². The summed E-state index contributed by atoms with van der Waals surface area (Å²) in [5.74, 6) is 0.205. The molecule has 0 aliphatic rings. The molecule has 4 rings (SSSR count). The van der Waals surface area contributed by atoms with Crippen LogP contribution in [0.15, 0.2) is 43.1 Å². The van der Waals surface area contributed by atoms with Crippen molar-refractivity contribution < 1.29 is 8.78 Å². The molecule has 138 valence electrons. The minimum Gasteiger partial charge on any atom is -0.321 e.